The highest BCUT2D eigenvalue weighted by atomic mass is 16.6. The van der Waals surface area contributed by atoms with Crippen molar-refractivity contribution in [3.05, 3.63) is 11.8 Å². The van der Waals surface area contributed by atoms with Crippen LogP contribution in [0, 0.1) is 0 Å². The molecule has 0 unspecified atom stereocenters. The predicted molar refractivity (Wildman–Crippen MR) is 78.3 cm³/mol. The van der Waals surface area contributed by atoms with E-state index < -0.39 is 12.2 Å². The van der Waals surface area contributed by atoms with Crippen molar-refractivity contribution in [1.29, 1.82) is 0 Å². The summed E-state index contributed by atoms with van der Waals surface area (Å²) in [6, 6.07) is 0. The van der Waals surface area contributed by atoms with E-state index in [-0.39, 0.29) is 18.8 Å². The van der Waals surface area contributed by atoms with E-state index in [0.29, 0.717) is 12.8 Å². The predicted octanol–water partition coefficient (Wildman–Crippen LogP) is 2.56. The Balaban J connectivity index is 4.83. The van der Waals surface area contributed by atoms with Gasteiger partial charge in [0.05, 0.1) is 12.2 Å². The van der Waals surface area contributed by atoms with Crippen molar-refractivity contribution in [3.63, 3.8) is 0 Å². The van der Waals surface area contributed by atoms with E-state index >= 15 is 0 Å². The largest absolute Gasteiger partial charge is 0.446 e. The summed E-state index contributed by atoms with van der Waals surface area (Å²) in [6.45, 7) is 8.69. The molecule has 2 N–H and O–H groups in total. The third kappa shape index (κ3) is 9.73. The van der Waals surface area contributed by atoms with Gasteiger partial charge >= 0.3 is 12.2 Å². The molecule has 122 valence electrons. The highest BCUT2D eigenvalue weighted by Crippen LogP contribution is 2.07. The summed E-state index contributed by atoms with van der Waals surface area (Å²) >= 11 is 0. The third-order valence-corrected chi connectivity index (χ3v) is 2.17. The molecule has 0 aliphatic carbocycles. The smallest absolute Gasteiger partial charge is 0.433 e. The monoisotopic (exact) mass is 302 g/mol. The van der Waals surface area contributed by atoms with Crippen molar-refractivity contribution in [2.75, 3.05) is 6.61 Å². The van der Waals surface area contributed by atoms with Crippen molar-refractivity contribution in [2.24, 2.45) is 0 Å². The molecule has 2 amide bonds. The van der Waals surface area contributed by atoms with Crippen LogP contribution in [0.1, 0.15) is 47.5 Å². The Morgan fingerprint density at radius 2 is 1.76 bits per heavy atom. The molecular weight excluding hydrogens is 276 g/mol. The van der Waals surface area contributed by atoms with Gasteiger partial charge in [-0.05, 0) is 47.5 Å². The molecule has 0 heterocycles. The first-order valence-corrected chi connectivity index (χ1v) is 7.01. The Bertz CT molecular complexity index is 366. The van der Waals surface area contributed by atoms with E-state index in [4.69, 9.17) is 14.6 Å². The van der Waals surface area contributed by atoms with Gasteiger partial charge in [0.15, 0.2) is 0 Å². The number of carbonyl (C=O) groups excluding carboxylic acids is 2. The molecule has 0 aromatic rings. The maximum absolute atomic E-state index is 11.9. The minimum Gasteiger partial charge on any atom is -0.446 e. The Morgan fingerprint density at radius 1 is 1.19 bits per heavy atom. The number of amides is 2. The molecule has 0 atom stereocenters. The molecule has 0 fully saturated rings. The fraction of sp³-hybridized carbons (Fsp3) is 0.714. The molecule has 0 aliphatic heterocycles. The van der Waals surface area contributed by atoms with Crippen molar-refractivity contribution in [1.82, 2.24) is 10.4 Å². The second-order valence-corrected chi connectivity index (χ2v) is 5.17. The minimum absolute atomic E-state index is 0.0600. The average molecular weight is 302 g/mol. The number of rotatable bonds is 6. The first-order chi connectivity index (χ1) is 9.76. The topological polar surface area (TPSA) is 88.1 Å². The second kappa shape index (κ2) is 10.0. The third-order valence-electron chi connectivity index (χ3n) is 2.17. The van der Waals surface area contributed by atoms with E-state index in [1.165, 1.54) is 6.20 Å². The maximum atomic E-state index is 11.9. The summed E-state index contributed by atoms with van der Waals surface area (Å²) in [6.07, 6.45) is 0.587. The summed E-state index contributed by atoms with van der Waals surface area (Å²) < 4.78 is 9.98. The lowest BCUT2D eigenvalue weighted by Gasteiger charge is -2.21. The Labute approximate surface area is 125 Å². The number of hydrazine groups is 1. The summed E-state index contributed by atoms with van der Waals surface area (Å²) in [5, 5.41) is 9.76. The number of allylic oxidation sites excluding steroid dienone is 1. The number of aliphatic hydroxyl groups is 1. The molecule has 0 aromatic carbocycles. The van der Waals surface area contributed by atoms with E-state index in [1.54, 1.807) is 34.6 Å². The molecule has 0 bridgehead atoms. The van der Waals surface area contributed by atoms with Gasteiger partial charge in [-0.15, -0.1) is 0 Å². The summed E-state index contributed by atoms with van der Waals surface area (Å²) in [7, 11) is 0. The molecule has 0 rings (SSSR count). The Morgan fingerprint density at radius 3 is 2.24 bits per heavy atom. The number of ether oxygens (including phenoxy) is 2. The molecule has 0 radical (unpaired) electrons. The first-order valence-electron chi connectivity index (χ1n) is 7.01. The lowest BCUT2D eigenvalue weighted by Crippen LogP contribution is -2.44. The zero-order valence-corrected chi connectivity index (χ0v) is 13.4. The first kappa shape index (κ1) is 19.2. The lowest BCUT2D eigenvalue weighted by atomic mass is 10.2. The molecule has 0 aliphatic rings. The van der Waals surface area contributed by atoms with Crippen LogP contribution in [0.25, 0.3) is 0 Å². The van der Waals surface area contributed by atoms with Crippen LogP contribution in [0.4, 0.5) is 9.59 Å². The Hall–Kier alpha value is -1.76. The van der Waals surface area contributed by atoms with Crippen LogP contribution in [0.3, 0.4) is 0 Å². The molecular formula is C14H26N2O5. The zero-order valence-electron chi connectivity index (χ0n) is 13.4. The summed E-state index contributed by atoms with van der Waals surface area (Å²) in [5.74, 6) is 0. The van der Waals surface area contributed by atoms with Gasteiger partial charge in [-0.25, -0.2) is 15.0 Å². The maximum Gasteiger partial charge on any atom is 0.433 e. The van der Waals surface area contributed by atoms with E-state index in [1.807, 2.05) is 0 Å². The van der Waals surface area contributed by atoms with Crippen LogP contribution in [-0.2, 0) is 9.47 Å². The second-order valence-electron chi connectivity index (χ2n) is 5.17. The molecule has 7 heteroatoms. The van der Waals surface area contributed by atoms with Crippen LogP contribution in [-0.4, -0.2) is 41.1 Å². The number of nitrogens with one attached hydrogen (secondary N) is 1. The van der Waals surface area contributed by atoms with Gasteiger partial charge in [-0.2, -0.15) is 5.01 Å². The van der Waals surface area contributed by atoms with Crippen molar-refractivity contribution >= 4 is 12.2 Å². The molecule has 0 spiro atoms. The molecule has 0 saturated heterocycles. The number of nitrogens with zero attached hydrogens (tertiary/aromatic N) is 1. The standard InChI is InChI=1S/C14H26N2O5/c1-10(2)20-13(18)15-16(14(19)21-11(3)4)9-12(5)7-6-8-17/h9-11,17H,6-8H2,1-5H3,(H,15,18)/b12-9+. The van der Waals surface area contributed by atoms with E-state index in [9.17, 15) is 9.59 Å². The van der Waals surface area contributed by atoms with E-state index in [0.717, 1.165) is 10.6 Å². The average Bonchev–Trinajstić information content (AvgIpc) is 2.33. The fourth-order valence-electron chi connectivity index (χ4n) is 1.37. The normalized spacial score (nSPS) is 11.5. The molecule has 21 heavy (non-hydrogen) atoms. The van der Waals surface area contributed by atoms with Gasteiger partial charge < -0.3 is 14.6 Å². The summed E-state index contributed by atoms with van der Waals surface area (Å²) in [4.78, 5) is 23.5. The highest BCUT2D eigenvalue weighted by molar-refractivity contribution is 5.75. The van der Waals surface area contributed by atoms with Crippen molar-refractivity contribution < 1.29 is 24.2 Å². The number of hydrogen-bond acceptors (Lipinski definition) is 5. The van der Waals surface area contributed by atoms with Crippen LogP contribution >= 0.6 is 0 Å². The number of carbonyl (C=O) groups is 2. The highest BCUT2D eigenvalue weighted by Gasteiger charge is 2.18. The van der Waals surface area contributed by atoms with Crippen LogP contribution in [0.15, 0.2) is 11.8 Å². The van der Waals surface area contributed by atoms with Gasteiger partial charge in [0, 0.05) is 12.8 Å². The minimum atomic E-state index is -0.739. The van der Waals surface area contributed by atoms with Crippen molar-refractivity contribution in [3.8, 4) is 0 Å². The molecule has 0 saturated carbocycles. The SMILES string of the molecule is C/C(=C\N(NC(=O)OC(C)C)C(=O)OC(C)C)CCCO. The molecule has 7 nitrogen and oxygen atoms in total. The van der Waals surface area contributed by atoms with Crippen LogP contribution < -0.4 is 5.43 Å². The lowest BCUT2D eigenvalue weighted by molar-refractivity contribution is 0.0619. The fourth-order valence-corrected chi connectivity index (χ4v) is 1.37. The van der Waals surface area contributed by atoms with E-state index in [2.05, 4.69) is 5.43 Å². The van der Waals surface area contributed by atoms with Gasteiger partial charge in [-0.3, -0.25) is 0 Å². The van der Waals surface area contributed by atoms with Gasteiger partial charge in [-0.1, -0.05) is 5.57 Å². The van der Waals surface area contributed by atoms with Crippen LogP contribution in [0.5, 0.6) is 0 Å². The van der Waals surface area contributed by atoms with Gasteiger partial charge in [0.1, 0.15) is 0 Å². The number of hydrogen-bond donors (Lipinski definition) is 2. The summed E-state index contributed by atoms with van der Waals surface area (Å²) in [5.41, 5.74) is 3.13. The van der Waals surface area contributed by atoms with Gasteiger partial charge in [0.2, 0.25) is 0 Å². The Kier molecular flexibility index (Phi) is 9.20. The van der Waals surface area contributed by atoms with Crippen molar-refractivity contribution in [2.45, 2.75) is 59.7 Å². The zero-order chi connectivity index (χ0) is 16.4. The number of aliphatic hydroxyl groups excluding tert-OH is 1. The quantitative estimate of drug-likeness (QED) is 0.736. The van der Waals surface area contributed by atoms with Gasteiger partial charge in [0.25, 0.3) is 0 Å². The molecule has 0 aromatic heterocycles. The van der Waals surface area contributed by atoms with Crippen LogP contribution in [0.2, 0.25) is 0 Å².